The molecule has 1 saturated carbocycles. The Morgan fingerprint density at radius 1 is 1.21 bits per heavy atom. The molecular formula is C19H15ClFN5O2. The van der Waals surface area contributed by atoms with Crippen molar-refractivity contribution in [1.82, 2.24) is 25.2 Å². The lowest BCUT2D eigenvalue weighted by Crippen LogP contribution is -2.51. The summed E-state index contributed by atoms with van der Waals surface area (Å²) in [6.45, 7) is 0.193. The Balaban J connectivity index is 1.51. The molecule has 2 N–H and O–H groups in total. The maximum atomic E-state index is 13.5. The number of benzene rings is 1. The van der Waals surface area contributed by atoms with Crippen LogP contribution in [0.15, 0.2) is 36.7 Å². The second kappa shape index (κ2) is 6.27. The van der Waals surface area contributed by atoms with Crippen LogP contribution in [0.3, 0.4) is 0 Å². The zero-order valence-corrected chi connectivity index (χ0v) is 15.3. The number of imide groups is 1. The van der Waals surface area contributed by atoms with E-state index in [1.54, 1.807) is 29.0 Å². The fraction of sp³-hybridized carbons (Fsp3) is 0.263. The highest BCUT2D eigenvalue weighted by atomic mass is 35.5. The highest BCUT2D eigenvalue weighted by Crippen LogP contribution is 2.55. The normalized spacial score (nSPS) is 24.1. The second-order valence-corrected chi connectivity index (χ2v) is 7.50. The quantitative estimate of drug-likeness (QED) is 0.708. The van der Waals surface area contributed by atoms with Gasteiger partial charge in [-0.15, -0.1) is 0 Å². The van der Waals surface area contributed by atoms with Crippen LogP contribution in [0.2, 0.25) is 5.02 Å². The van der Waals surface area contributed by atoms with Crippen LogP contribution in [0.4, 0.5) is 9.18 Å². The van der Waals surface area contributed by atoms with Crippen LogP contribution in [-0.4, -0.2) is 33.1 Å². The number of carbonyl (C=O) groups is 2. The molecule has 2 aromatic heterocycles. The van der Waals surface area contributed by atoms with Crippen molar-refractivity contribution in [2.45, 2.75) is 24.2 Å². The van der Waals surface area contributed by atoms with Crippen molar-refractivity contribution < 1.29 is 14.0 Å². The van der Waals surface area contributed by atoms with Crippen molar-refractivity contribution in [1.29, 1.82) is 0 Å². The summed E-state index contributed by atoms with van der Waals surface area (Å²) >= 11 is 5.93. The van der Waals surface area contributed by atoms with E-state index in [1.165, 1.54) is 6.07 Å². The van der Waals surface area contributed by atoms with Crippen molar-refractivity contribution in [2.75, 3.05) is 6.54 Å². The fourth-order valence-corrected chi connectivity index (χ4v) is 4.01. The number of imidazole rings is 1. The molecule has 3 atom stereocenters. The zero-order chi connectivity index (χ0) is 19.4. The van der Waals surface area contributed by atoms with Crippen molar-refractivity contribution in [3.05, 3.63) is 64.3 Å². The number of amides is 3. The van der Waals surface area contributed by atoms with Crippen LogP contribution in [0.5, 0.6) is 0 Å². The molecule has 1 aliphatic heterocycles. The molecule has 28 heavy (non-hydrogen) atoms. The van der Waals surface area contributed by atoms with Gasteiger partial charge in [-0.2, -0.15) is 5.10 Å². The molecule has 1 aromatic carbocycles. The summed E-state index contributed by atoms with van der Waals surface area (Å²) in [4.78, 5) is 28.0. The first kappa shape index (κ1) is 17.1. The van der Waals surface area contributed by atoms with E-state index in [9.17, 15) is 14.0 Å². The lowest BCUT2D eigenvalue weighted by molar-refractivity contribution is -0.122. The molecule has 2 aliphatic rings. The Bertz CT molecular complexity index is 1130. The third-order valence-electron chi connectivity index (χ3n) is 5.35. The lowest BCUT2D eigenvalue weighted by Gasteiger charge is -2.22. The van der Waals surface area contributed by atoms with Crippen molar-refractivity contribution in [3.63, 3.8) is 0 Å². The van der Waals surface area contributed by atoms with Crippen LogP contribution in [-0.2, 0) is 4.79 Å². The molecule has 2 fully saturated rings. The third kappa shape index (κ3) is 2.80. The molecule has 7 nitrogen and oxygen atoms in total. The molecule has 142 valence electrons. The largest absolute Gasteiger partial charge is 0.337 e. The van der Waals surface area contributed by atoms with E-state index in [1.807, 2.05) is 6.07 Å². The van der Waals surface area contributed by atoms with E-state index in [0.29, 0.717) is 5.69 Å². The number of hydrogen-bond donors (Lipinski definition) is 2. The molecule has 0 radical (unpaired) electrons. The van der Waals surface area contributed by atoms with E-state index in [0.717, 1.165) is 23.2 Å². The van der Waals surface area contributed by atoms with E-state index < -0.39 is 17.8 Å². The maximum Gasteiger partial charge on any atom is 0.321 e. The first-order valence-electron chi connectivity index (χ1n) is 8.89. The number of halogens is 2. The summed E-state index contributed by atoms with van der Waals surface area (Å²) < 4.78 is 15.1. The Morgan fingerprint density at radius 2 is 2.07 bits per heavy atom. The number of nitrogens with zero attached hydrogens (tertiary/aromatic N) is 3. The first-order valence-corrected chi connectivity index (χ1v) is 9.27. The molecule has 5 rings (SSSR count). The Labute approximate surface area is 163 Å². The average Bonchev–Trinajstić information content (AvgIpc) is 3.31. The number of rotatable bonds is 3. The van der Waals surface area contributed by atoms with E-state index in [4.69, 9.17) is 11.6 Å². The summed E-state index contributed by atoms with van der Waals surface area (Å²) in [7, 11) is 0. The van der Waals surface area contributed by atoms with E-state index >= 15 is 0 Å². The smallest absolute Gasteiger partial charge is 0.321 e. The highest BCUT2D eigenvalue weighted by molar-refractivity contribution is 6.30. The van der Waals surface area contributed by atoms with Crippen molar-refractivity contribution in [2.24, 2.45) is 0 Å². The predicted octanol–water partition coefficient (Wildman–Crippen LogP) is 2.72. The zero-order valence-electron chi connectivity index (χ0n) is 14.5. The lowest BCUT2D eigenvalue weighted by atomic mass is 9.99. The summed E-state index contributed by atoms with van der Waals surface area (Å²) in [5, 5.41) is 9.51. The van der Waals surface area contributed by atoms with Crippen LogP contribution in [0.25, 0.3) is 5.65 Å². The average molecular weight is 400 g/mol. The highest BCUT2D eigenvalue weighted by Gasteiger charge is 2.42. The summed E-state index contributed by atoms with van der Waals surface area (Å²) in [6.07, 6.45) is 4.26. The molecule has 0 bridgehead atoms. The molecular weight excluding hydrogens is 385 g/mol. The molecule has 3 amide bonds. The van der Waals surface area contributed by atoms with Gasteiger partial charge in [-0.25, -0.2) is 18.7 Å². The molecule has 3 aromatic rings. The van der Waals surface area contributed by atoms with Gasteiger partial charge in [-0.1, -0.05) is 17.7 Å². The summed E-state index contributed by atoms with van der Waals surface area (Å²) in [6, 6.07) is 6.18. The van der Waals surface area contributed by atoms with Crippen molar-refractivity contribution in [3.8, 4) is 0 Å². The number of urea groups is 1. The number of fused-ring (bicyclic) bond motifs is 1. The Kier molecular flexibility index (Phi) is 3.83. The molecule has 1 saturated heterocycles. The van der Waals surface area contributed by atoms with Gasteiger partial charge in [0.1, 0.15) is 5.82 Å². The minimum atomic E-state index is -0.569. The number of hydrogen-bond acceptors (Lipinski definition) is 4. The minimum Gasteiger partial charge on any atom is -0.337 e. The molecule has 0 spiro atoms. The van der Waals surface area contributed by atoms with Crippen LogP contribution >= 0.6 is 11.6 Å². The third-order valence-corrected chi connectivity index (χ3v) is 5.63. The monoisotopic (exact) mass is 399 g/mol. The van der Waals surface area contributed by atoms with Gasteiger partial charge in [0.05, 0.1) is 16.6 Å². The topological polar surface area (TPSA) is 88.4 Å². The van der Waals surface area contributed by atoms with Gasteiger partial charge in [0.25, 0.3) is 0 Å². The standard InChI is InChI=1S/C19H15ClFN5O2/c20-14-5-9(1-2-15(14)21)10-6-11(10)12-7-16(25-26-4-3-22-17(12)26)13-8-23-19(28)24-18(13)27/h1-5,7,10-11,13H,6,8H2,(H2,23,24,27,28)/t10-,11+,13?/m0/s1. The van der Waals surface area contributed by atoms with Crippen LogP contribution < -0.4 is 10.6 Å². The van der Waals surface area contributed by atoms with Gasteiger partial charge in [0.15, 0.2) is 5.65 Å². The van der Waals surface area contributed by atoms with Gasteiger partial charge in [0.2, 0.25) is 5.91 Å². The summed E-state index contributed by atoms with van der Waals surface area (Å²) in [5.41, 5.74) is 3.25. The molecule has 3 heterocycles. The Morgan fingerprint density at radius 3 is 2.86 bits per heavy atom. The van der Waals surface area contributed by atoms with Gasteiger partial charge < -0.3 is 5.32 Å². The van der Waals surface area contributed by atoms with Crippen LogP contribution in [0.1, 0.15) is 41.0 Å². The van der Waals surface area contributed by atoms with E-state index in [2.05, 4.69) is 20.7 Å². The van der Waals surface area contributed by atoms with Crippen molar-refractivity contribution >= 4 is 29.2 Å². The maximum absolute atomic E-state index is 13.5. The molecule has 9 heteroatoms. The van der Waals surface area contributed by atoms with Gasteiger partial charge in [0, 0.05) is 24.5 Å². The molecule has 1 unspecified atom stereocenters. The minimum absolute atomic E-state index is 0.110. The van der Waals surface area contributed by atoms with E-state index in [-0.39, 0.29) is 29.3 Å². The fourth-order valence-electron chi connectivity index (χ4n) is 3.82. The Hall–Kier alpha value is -3.00. The van der Waals surface area contributed by atoms with Gasteiger partial charge in [-0.05, 0) is 42.0 Å². The number of aromatic nitrogens is 3. The van der Waals surface area contributed by atoms with Gasteiger partial charge in [-0.3, -0.25) is 10.1 Å². The second-order valence-electron chi connectivity index (χ2n) is 7.09. The number of carbonyl (C=O) groups excluding carboxylic acids is 2. The first-order chi connectivity index (χ1) is 13.5. The van der Waals surface area contributed by atoms with Crippen LogP contribution in [0, 0.1) is 5.82 Å². The SMILES string of the molecule is O=C1NCC(c2cc([C@@H]3C[C@H]3c3ccc(F)c(Cl)c3)c3nccn3n2)C(=O)N1. The summed E-state index contributed by atoms with van der Waals surface area (Å²) in [5.74, 6) is -1.00. The predicted molar refractivity (Wildman–Crippen MR) is 98.8 cm³/mol. The molecule has 1 aliphatic carbocycles. The number of nitrogens with one attached hydrogen (secondary N) is 2. The van der Waals surface area contributed by atoms with Gasteiger partial charge >= 0.3 is 6.03 Å².